The monoisotopic (exact) mass is 296 g/mol. The molecule has 0 amide bonds. The van der Waals surface area contributed by atoms with Gasteiger partial charge < -0.3 is 5.73 Å². The molecule has 78 valence electrons. The third-order valence-electron chi connectivity index (χ3n) is 3.87. The standard InChI is InChI=1S/C11H23IN/c1-7-6-8(2)11(13)9(3)10(7)4-5-12/h7-12H,4-6,13H2,1-3H3/q+1. The number of hydrogen-bond donors (Lipinski definition) is 1. The first-order chi connectivity index (χ1) is 6.07. The Labute approximate surface area is 96.0 Å². The first-order valence-electron chi connectivity index (χ1n) is 5.41. The molecule has 1 fully saturated rings. The van der Waals surface area contributed by atoms with Gasteiger partial charge in [0.2, 0.25) is 0 Å². The molecule has 5 atom stereocenters. The highest BCUT2D eigenvalue weighted by Gasteiger charge is 2.36. The van der Waals surface area contributed by atoms with Crippen molar-refractivity contribution in [1.29, 1.82) is 0 Å². The molecular weight excluding hydrogens is 273 g/mol. The Kier molecular flexibility index (Phi) is 4.49. The second-order valence-corrected chi connectivity index (χ2v) is 5.95. The van der Waals surface area contributed by atoms with Crippen LogP contribution < -0.4 is 28.3 Å². The normalized spacial score (nSPS) is 46.4. The van der Waals surface area contributed by atoms with E-state index in [1.54, 1.807) is 0 Å². The van der Waals surface area contributed by atoms with Crippen LogP contribution in [0.1, 0.15) is 33.6 Å². The Morgan fingerprint density at radius 2 is 1.85 bits per heavy atom. The van der Waals surface area contributed by atoms with E-state index in [4.69, 9.17) is 5.73 Å². The summed E-state index contributed by atoms with van der Waals surface area (Å²) >= 11 is 2.21. The fourth-order valence-corrected chi connectivity index (χ4v) is 3.70. The summed E-state index contributed by atoms with van der Waals surface area (Å²) in [4.78, 5) is 0. The molecule has 0 spiro atoms. The fourth-order valence-electron chi connectivity index (χ4n) is 2.92. The highest BCUT2D eigenvalue weighted by molar-refractivity contribution is 4.89. The van der Waals surface area contributed by atoms with E-state index in [0.717, 1.165) is 23.7 Å². The molecule has 0 bridgehead atoms. The number of rotatable bonds is 2. The fraction of sp³-hybridized carbons (Fsp3) is 1.00. The zero-order valence-electron chi connectivity index (χ0n) is 8.99. The largest absolute Gasteiger partial charge is 0.327 e. The van der Waals surface area contributed by atoms with Crippen LogP contribution in [0.25, 0.3) is 0 Å². The molecule has 13 heavy (non-hydrogen) atoms. The van der Waals surface area contributed by atoms with Crippen molar-refractivity contribution in [2.45, 2.75) is 39.7 Å². The number of hydrogen-bond acceptors (Lipinski definition) is 1. The van der Waals surface area contributed by atoms with Gasteiger partial charge in [-0.25, -0.2) is 0 Å². The second-order valence-electron chi connectivity index (χ2n) is 4.78. The van der Waals surface area contributed by atoms with Gasteiger partial charge in [-0.15, -0.1) is 0 Å². The molecule has 5 unspecified atom stereocenters. The lowest BCUT2D eigenvalue weighted by Crippen LogP contribution is -3.35. The van der Waals surface area contributed by atoms with E-state index >= 15 is 0 Å². The summed E-state index contributed by atoms with van der Waals surface area (Å²) in [6, 6.07) is 0.439. The summed E-state index contributed by atoms with van der Waals surface area (Å²) in [6.07, 6.45) is 2.70. The second kappa shape index (κ2) is 4.96. The maximum Gasteiger partial charge on any atom is 0.252 e. The summed E-state index contributed by atoms with van der Waals surface area (Å²) in [7, 11) is 0. The summed E-state index contributed by atoms with van der Waals surface area (Å²) < 4.78 is 1.32. The van der Waals surface area contributed by atoms with Crippen LogP contribution in [-0.4, -0.2) is 10.5 Å². The van der Waals surface area contributed by atoms with Gasteiger partial charge in [-0.2, -0.15) is 0 Å². The zero-order valence-corrected chi connectivity index (χ0v) is 11.3. The van der Waals surface area contributed by atoms with Gasteiger partial charge in [0.25, 0.3) is 22.6 Å². The van der Waals surface area contributed by atoms with Gasteiger partial charge in [0.15, 0.2) is 0 Å². The molecule has 1 aliphatic carbocycles. The van der Waals surface area contributed by atoms with Crippen LogP contribution >= 0.6 is 0 Å². The minimum absolute atomic E-state index is 0.439. The van der Waals surface area contributed by atoms with E-state index in [0.29, 0.717) is 6.04 Å². The van der Waals surface area contributed by atoms with Crippen LogP contribution in [0.2, 0.25) is 0 Å². The zero-order chi connectivity index (χ0) is 10.0. The Balaban J connectivity index is 2.61. The van der Waals surface area contributed by atoms with Crippen LogP contribution in [0.4, 0.5) is 0 Å². The average Bonchev–Trinajstić information content (AvgIpc) is 2.09. The third-order valence-corrected chi connectivity index (χ3v) is 4.54. The Bertz CT molecular complexity index is 160. The Morgan fingerprint density at radius 3 is 2.38 bits per heavy atom. The highest BCUT2D eigenvalue weighted by Crippen LogP contribution is 2.38. The summed E-state index contributed by atoms with van der Waals surface area (Å²) in [5.41, 5.74) is 6.21. The molecule has 1 nitrogen and oxygen atoms in total. The Morgan fingerprint density at radius 1 is 1.23 bits per heavy atom. The van der Waals surface area contributed by atoms with Crippen molar-refractivity contribution in [3.05, 3.63) is 0 Å². The molecule has 1 rings (SSSR count). The molecular formula is C11H23IN+. The molecule has 0 heterocycles. The van der Waals surface area contributed by atoms with E-state index in [1.807, 2.05) is 0 Å². The van der Waals surface area contributed by atoms with Crippen LogP contribution in [0.15, 0.2) is 0 Å². The maximum absolute atomic E-state index is 6.21. The van der Waals surface area contributed by atoms with Gasteiger partial charge in [-0.1, -0.05) is 20.8 Å². The number of nitrogens with two attached hydrogens (primary N) is 1. The van der Waals surface area contributed by atoms with Gasteiger partial charge in [-0.3, -0.25) is 0 Å². The van der Waals surface area contributed by atoms with Crippen LogP contribution in [0.5, 0.6) is 0 Å². The first-order valence-corrected chi connectivity index (χ1v) is 7.06. The molecule has 1 aliphatic rings. The molecule has 0 aliphatic heterocycles. The minimum Gasteiger partial charge on any atom is -0.327 e. The summed E-state index contributed by atoms with van der Waals surface area (Å²) in [5, 5.41) is 0. The lowest BCUT2D eigenvalue weighted by atomic mass is 9.66. The number of alkyl halides is 1. The van der Waals surface area contributed by atoms with Gasteiger partial charge in [0.05, 0.1) is 0 Å². The van der Waals surface area contributed by atoms with Crippen molar-refractivity contribution in [3.63, 3.8) is 0 Å². The molecule has 2 heteroatoms. The topological polar surface area (TPSA) is 26.0 Å². The van der Waals surface area contributed by atoms with Crippen LogP contribution in [0, 0.1) is 23.7 Å². The molecule has 0 aromatic rings. The van der Waals surface area contributed by atoms with Crippen molar-refractivity contribution in [3.8, 4) is 0 Å². The highest BCUT2D eigenvalue weighted by atomic mass is 127. The molecule has 0 aromatic heterocycles. The van der Waals surface area contributed by atoms with Crippen LogP contribution in [-0.2, 0) is 0 Å². The molecule has 0 aromatic carbocycles. The predicted molar refractivity (Wildman–Crippen MR) is 54.5 cm³/mol. The van der Waals surface area contributed by atoms with Gasteiger partial charge >= 0.3 is 0 Å². The molecule has 2 N–H and O–H groups in total. The van der Waals surface area contributed by atoms with Gasteiger partial charge in [0, 0.05) is 6.04 Å². The van der Waals surface area contributed by atoms with E-state index < -0.39 is 0 Å². The maximum atomic E-state index is 6.21. The Hall–Kier alpha value is 0.690. The van der Waals surface area contributed by atoms with E-state index in [2.05, 4.69) is 43.4 Å². The van der Waals surface area contributed by atoms with Crippen molar-refractivity contribution < 1.29 is 22.6 Å². The lowest BCUT2D eigenvalue weighted by Gasteiger charge is -2.42. The van der Waals surface area contributed by atoms with Crippen LogP contribution in [0.3, 0.4) is 0 Å². The van der Waals surface area contributed by atoms with Crippen molar-refractivity contribution in [2.24, 2.45) is 29.4 Å². The molecule has 1 saturated carbocycles. The first kappa shape index (κ1) is 11.8. The average molecular weight is 296 g/mol. The smallest absolute Gasteiger partial charge is 0.252 e. The SMILES string of the molecule is CC1CC(C)C(CC[IH+])C(C)C1N. The quantitative estimate of drug-likeness (QED) is 0.509. The van der Waals surface area contributed by atoms with E-state index in [9.17, 15) is 0 Å². The van der Waals surface area contributed by atoms with Crippen molar-refractivity contribution >= 4 is 0 Å². The lowest BCUT2D eigenvalue weighted by molar-refractivity contribution is -0.371. The summed E-state index contributed by atoms with van der Waals surface area (Å²) in [6.45, 7) is 7.05. The summed E-state index contributed by atoms with van der Waals surface area (Å²) in [5.74, 6) is 3.20. The van der Waals surface area contributed by atoms with Gasteiger partial charge in [0.1, 0.15) is 4.43 Å². The third kappa shape index (κ3) is 2.58. The molecule has 0 radical (unpaired) electrons. The predicted octanol–water partition coefficient (Wildman–Crippen LogP) is -1.08. The van der Waals surface area contributed by atoms with E-state index in [-0.39, 0.29) is 0 Å². The van der Waals surface area contributed by atoms with Crippen molar-refractivity contribution in [1.82, 2.24) is 0 Å². The van der Waals surface area contributed by atoms with Gasteiger partial charge in [-0.05, 0) is 36.5 Å². The minimum atomic E-state index is 0.439. The number of halogens is 1. The molecule has 0 saturated heterocycles. The van der Waals surface area contributed by atoms with Crippen molar-refractivity contribution in [2.75, 3.05) is 4.43 Å². The van der Waals surface area contributed by atoms with E-state index in [1.165, 1.54) is 17.3 Å².